The van der Waals surface area contributed by atoms with Gasteiger partial charge in [0.1, 0.15) is 5.82 Å². The normalized spacial score (nSPS) is 11.3. The summed E-state index contributed by atoms with van der Waals surface area (Å²) in [6.07, 6.45) is 2.03. The van der Waals surface area contributed by atoms with Crippen LogP contribution in [0.1, 0.15) is 12.7 Å². The molecule has 3 aromatic rings. The van der Waals surface area contributed by atoms with Gasteiger partial charge in [0.25, 0.3) is 0 Å². The number of nitrogens with zero attached hydrogens (tertiary/aromatic N) is 4. The lowest BCUT2D eigenvalue weighted by Crippen LogP contribution is -2.01. The number of hydrogen-bond acceptors (Lipinski definition) is 6. The third-order valence-corrected chi connectivity index (χ3v) is 5.73. The van der Waals surface area contributed by atoms with Crippen molar-refractivity contribution in [3.05, 3.63) is 30.1 Å². The molecule has 0 amide bonds. The molecule has 2 heterocycles. The van der Waals surface area contributed by atoms with Gasteiger partial charge < -0.3 is 4.57 Å². The van der Waals surface area contributed by atoms with Crippen LogP contribution < -0.4 is 0 Å². The van der Waals surface area contributed by atoms with Gasteiger partial charge in [-0.15, -0.1) is 21.5 Å². The molecule has 0 aliphatic carbocycles. The fourth-order valence-electron chi connectivity index (χ4n) is 1.93. The Morgan fingerprint density at radius 3 is 2.85 bits per heavy atom. The fourth-order valence-corrected chi connectivity index (χ4v) is 4.52. The van der Waals surface area contributed by atoms with E-state index in [-0.39, 0.29) is 0 Å². The first kappa shape index (κ1) is 13.9. The van der Waals surface area contributed by atoms with E-state index in [2.05, 4.69) is 38.8 Å². The van der Waals surface area contributed by atoms with Gasteiger partial charge in [0.15, 0.2) is 9.50 Å². The van der Waals surface area contributed by atoms with Gasteiger partial charge in [0.2, 0.25) is 0 Å². The number of thiazole rings is 1. The van der Waals surface area contributed by atoms with Gasteiger partial charge >= 0.3 is 0 Å². The van der Waals surface area contributed by atoms with Crippen molar-refractivity contribution in [3.63, 3.8) is 0 Å². The zero-order valence-corrected chi connectivity index (χ0v) is 13.7. The molecule has 2 aromatic heterocycles. The van der Waals surface area contributed by atoms with Crippen molar-refractivity contribution in [2.45, 2.75) is 28.7 Å². The summed E-state index contributed by atoms with van der Waals surface area (Å²) >= 11 is 5.09. The van der Waals surface area contributed by atoms with Crippen LogP contribution in [-0.2, 0) is 12.3 Å². The minimum absolute atomic E-state index is 0.807. The molecule has 1 aromatic carbocycles. The maximum atomic E-state index is 4.63. The van der Waals surface area contributed by atoms with Crippen molar-refractivity contribution < 1.29 is 0 Å². The Kier molecular flexibility index (Phi) is 4.28. The minimum atomic E-state index is 0.807. The number of benzene rings is 1. The molecule has 20 heavy (non-hydrogen) atoms. The summed E-state index contributed by atoms with van der Waals surface area (Å²) in [4.78, 5) is 4.63. The molecule has 0 saturated heterocycles. The van der Waals surface area contributed by atoms with E-state index in [9.17, 15) is 0 Å². The lowest BCUT2D eigenvalue weighted by atomic mass is 10.3. The smallest absolute Gasteiger partial charge is 0.190 e. The second-order valence-electron chi connectivity index (χ2n) is 4.08. The first-order valence-electron chi connectivity index (χ1n) is 6.26. The Hall–Kier alpha value is -1.05. The van der Waals surface area contributed by atoms with E-state index < -0.39 is 0 Å². The summed E-state index contributed by atoms with van der Waals surface area (Å²) in [5, 5.41) is 9.46. The van der Waals surface area contributed by atoms with Crippen LogP contribution >= 0.6 is 34.9 Å². The second-order valence-corrected chi connectivity index (χ2v) is 7.11. The molecule has 4 nitrogen and oxygen atoms in total. The third-order valence-electron chi connectivity index (χ3n) is 2.89. The van der Waals surface area contributed by atoms with Gasteiger partial charge in [-0.05, 0) is 25.3 Å². The number of rotatable bonds is 5. The number of hydrogen-bond donors (Lipinski definition) is 0. The van der Waals surface area contributed by atoms with Gasteiger partial charge in [-0.1, -0.05) is 35.7 Å². The predicted octanol–water partition coefficient (Wildman–Crippen LogP) is 3.92. The van der Waals surface area contributed by atoms with Crippen molar-refractivity contribution in [3.8, 4) is 0 Å². The monoisotopic (exact) mass is 322 g/mol. The summed E-state index contributed by atoms with van der Waals surface area (Å²) in [6, 6.07) is 8.23. The number of para-hydroxylation sites is 1. The average molecular weight is 322 g/mol. The predicted molar refractivity (Wildman–Crippen MR) is 86.7 cm³/mol. The molecule has 0 fully saturated rings. The highest BCUT2D eigenvalue weighted by atomic mass is 32.2. The molecular weight excluding hydrogens is 308 g/mol. The van der Waals surface area contributed by atoms with Crippen LogP contribution in [-0.4, -0.2) is 26.0 Å². The maximum Gasteiger partial charge on any atom is 0.190 e. The van der Waals surface area contributed by atoms with Crippen molar-refractivity contribution in [2.24, 2.45) is 0 Å². The Morgan fingerprint density at radius 1 is 1.25 bits per heavy atom. The molecule has 0 atom stereocenters. The molecule has 3 rings (SSSR count). The van der Waals surface area contributed by atoms with Gasteiger partial charge in [0, 0.05) is 6.54 Å². The zero-order valence-electron chi connectivity index (χ0n) is 11.2. The molecule has 0 bridgehead atoms. The molecule has 0 spiro atoms. The van der Waals surface area contributed by atoms with E-state index in [1.165, 1.54) is 4.70 Å². The number of thioether (sulfide) groups is 2. The maximum absolute atomic E-state index is 4.63. The SMILES string of the molecule is CCn1c(CSc2nc3ccccc3s2)nnc1SC. The molecule has 104 valence electrons. The number of fused-ring (bicyclic) bond motifs is 1. The van der Waals surface area contributed by atoms with Crippen LogP contribution in [0.2, 0.25) is 0 Å². The summed E-state index contributed by atoms with van der Waals surface area (Å²) in [6.45, 7) is 3.02. The molecule has 0 aliphatic rings. The summed E-state index contributed by atoms with van der Waals surface area (Å²) in [7, 11) is 0. The first-order valence-corrected chi connectivity index (χ1v) is 9.29. The van der Waals surface area contributed by atoms with Crippen molar-refractivity contribution >= 4 is 45.1 Å². The van der Waals surface area contributed by atoms with E-state index in [1.54, 1.807) is 34.9 Å². The molecular formula is C13H14N4S3. The summed E-state index contributed by atoms with van der Waals surface area (Å²) in [5.41, 5.74) is 1.07. The number of aromatic nitrogens is 4. The quantitative estimate of drug-likeness (QED) is 0.666. The minimum Gasteiger partial charge on any atom is -0.306 e. The Morgan fingerprint density at radius 2 is 2.10 bits per heavy atom. The molecule has 0 aliphatic heterocycles. The Balaban J connectivity index is 1.77. The van der Waals surface area contributed by atoms with Gasteiger partial charge in [-0.3, -0.25) is 0 Å². The van der Waals surface area contributed by atoms with Crippen LogP contribution in [0.4, 0.5) is 0 Å². The lowest BCUT2D eigenvalue weighted by molar-refractivity contribution is 0.660. The van der Waals surface area contributed by atoms with Crippen molar-refractivity contribution in [1.29, 1.82) is 0 Å². The molecule has 0 unspecified atom stereocenters. The van der Waals surface area contributed by atoms with Crippen LogP contribution in [0, 0.1) is 0 Å². The summed E-state index contributed by atoms with van der Waals surface area (Å²) < 4.78 is 4.48. The van der Waals surface area contributed by atoms with Crippen LogP contribution in [0.15, 0.2) is 33.8 Å². The Labute approximate surface area is 130 Å². The molecule has 0 saturated carbocycles. The van der Waals surface area contributed by atoms with Crippen LogP contribution in [0.25, 0.3) is 10.2 Å². The van der Waals surface area contributed by atoms with E-state index >= 15 is 0 Å². The lowest BCUT2D eigenvalue weighted by Gasteiger charge is -2.04. The van der Waals surface area contributed by atoms with Crippen LogP contribution in [0.3, 0.4) is 0 Å². The molecule has 7 heteroatoms. The molecule has 0 radical (unpaired) electrons. The third kappa shape index (κ3) is 2.70. The topological polar surface area (TPSA) is 43.6 Å². The van der Waals surface area contributed by atoms with E-state index in [0.29, 0.717) is 0 Å². The van der Waals surface area contributed by atoms with Gasteiger partial charge in [0.05, 0.1) is 16.0 Å². The fraction of sp³-hybridized carbons (Fsp3) is 0.308. The Bertz CT molecular complexity index is 686. The van der Waals surface area contributed by atoms with Gasteiger partial charge in [-0.25, -0.2) is 4.98 Å². The summed E-state index contributed by atoms with van der Waals surface area (Å²) in [5.74, 6) is 1.82. The highest BCUT2D eigenvalue weighted by molar-refractivity contribution is 8.00. The molecule has 0 N–H and O–H groups in total. The largest absolute Gasteiger partial charge is 0.306 e. The van der Waals surface area contributed by atoms with E-state index in [4.69, 9.17) is 0 Å². The van der Waals surface area contributed by atoms with E-state index in [0.717, 1.165) is 33.1 Å². The van der Waals surface area contributed by atoms with E-state index in [1.807, 2.05) is 18.4 Å². The zero-order chi connectivity index (χ0) is 13.9. The highest BCUT2D eigenvalue weighted by Crippen LogP contribution is 2.31. The van der Waals surface area contributed by atoms with Crippen molar-refractivity contribution in [1.82, 2.24) is 19.7 Å². The highest BCUT2D eigenvalue weighted by Gasteiger charge is 2.11. The van der Waals surface area contributed by atoms with Gasteiger partial charge in [-0.2, -0.15) is 0 Å². The van der Waals surface area contributed by atoms with Crippen LogP contribution in [0.5, 0.6) is 0 Å². The standard InChI is InChI=1S/C13H14N4S3/c1-3-17-11(15-16-12(17)18-2)8-19-13-14-9-6-4-5-7-10(9)20-13/h4-7H,3,8H2,1-2H3. The second kappa shape index (κ2) is 6.15. The first-order chi connectivity index (χ1) is 9.81. The van der Waals surface area contributed by atoms with Crippen molar-refractivity contribution in [2.75, 3.05) is 6.26 Å². The average Bonchev–Trinajstić information content (AvgIpc) is 3.07.